The summed E-state index contributed by atoms with van der Waals surface area (Å²) in [6.45, 7) is 4.71. The summed E-state index contributed by atoms with van der Waals surface area (Å²) in [7, 11) is 0. The summed E-state index contributed by atoms with van der Waals surface area (Å²) in [5, 5.41) is 1.61. The average molecular weight is 427 g/mol. The standard InChI is InChI=1S/C22H19BrO4/c1-14(2)13-26-20-10-9-16(11-19(20)23)22(25)27-21-17(12-24)8-7-15-5-3-4-6-18(15)21/h3-12,14H,13H2,1-2H3. The van der Waals surface area contributed by atoms with Crippen molar-refractivity contribution in [1.82, 2.24) is 0 Å². The number of carbonyl (C=O) groups excluding carboxylic acids is 2. The summed E-state index contributed by atoms with van der Waals surface area (Å²) in [5.74, 6) is 0.795. The van der Waals surface area contributed by atoms with E-state index in [-0.39, 0.29) is 5.75 Å². The zero-order chi connectivity index (χ0) is 19.4. The number of rotatable bonds is 6. The topological polar surface area (TPSA) is 52.6 Å². The third-order valence-corrected chi connectivity index (χ3v) is 4.59. The first-order valence-electron chi connectivity index (χ1n) is 8.61. The van der Waals surface area contributed by atoms with E-state index in [1.807, 2.05) is 30.3 Å². The molecule has 138 valence electrons. The summed E-state index contributed by atoms with van der Waals surface area (Å²) >= 11 is 3.43. The van der Waals surface area contributed by atoms with Gasteiger partial charge in [0.1, 0.15) is 11.5 Å². The number of ether oxygens (including phenoxy) is 2. The molecule has 3 aromatic carbocycles. The minimum atomic E-state index is -0.537. The van der Waals surface area contributed by atoms with Crippen LogP contribution in [0.2, 0.25) is 0 Å². The van der Waals surface area contributed by atoms with Gasteiger partial charge in [0.25, 0.3) is 0 Å². The number of halogens is 1. The summed E-state index contributed by atoms with van der Waals surface area (Å²) < 4.78 is 12.0. The molecule has 0 aromatic heterocycles. The molecule has 0 aliphatic carbocycles. The first-order valence-corrected chi connectivity index (χ1v) is 9.40. The van der Waals surface area contributed by atoms with Crippen molar-refractivity contribution in [2.45, 2.75) is 13.8 Å². The second-order valence-electron chi connectivity index (χ2n) is 6.56. The van der Waals surface area contributed by atoms with Crippen LogP contribution in [-0.4, -0.2) is 18.9 Å². The smallest absolute Gasteiger partial charge is 0.343 e. The van der Waals surface area contributed by atoms with Gasteiger partial charge in [-0.2, -0.15) is 0 Å². The van der Waals surface area contributed by atoms with Crippen molar-refractivity contribution in [2.24, 2.45) is 5.92 Å². The highest BCUT2D eigenvalue weighted by atomic mass is 79.9. The zero-order valence-electron chi connectivity index (χ0n) is 15.1. The number of benzene rings is 3. The number of hydrogen-bond donors (Lipinski definition) is 0. The maximum atomic E-state index is 12.7. The van der Waals surface area contributed by atoms with Gasteiger partial charge in [0, 0.05) is 5.39 Å². The Kier molecular flexibility index (Phi) is 5.91. The van der Waals surface area contributed by atoms with Gasteiger partial charge < -0.3 is 9.47 Å². The molecule has 0 amide bonds. The lowest BCUT2D eigenvalue weighted by Crippen LogP contribution is -2.11. The Morgan fingerprint density at radius 2 is 1.89 bits per heavy atom. The van der Waals surface area contributed by atoms with E-state index >= 15 is 0 Å². The van der Waals surface area contributed by atoms with Crippen molar-refractivity contribution in [3.63, 3.8) is 0 Å². The predicted octanol–water partition coefficient (Wildman–Crippen LogP) is 5.67. The van der Waals surface area contributed by atoms with Crippen LogP contribution in [0, 0.1) is 5.92 Å². The summed E-state index contributed by atoms with van der Waals surface area (Å²) in [6.07, 6.45) is 0.688. The van der Waals surface area contributed by atoms with Crippen molar-refractivity contribution >= 4 is 39.0 Å². The maximum absolute atomic E-state index is 12.7. The maximum Gasteiger partial charge on any atom is 0.343 e. The van der Waals surface area contributed by atoms with Gasteiger partial charge in [0.2, 0.25) is 0 Å². The molecule has 0 fully saturated rings. The van der Waals surface area contributed by atoms with E-state index in [1.54, 1.807) is 24.3 Å². The zero-order valence-corrected chi connectivity index (χ0v) is 16.7. The average Bonchev–Trinajstić information content (AvgIpc) is 2.67. The number of esters is 1. The van der Waals surface area contributed by atoms with E-state index in [9.17, 15) is 9.59 Å². The molecule has 0 saturated carbocycles. The SMILES string of the molecule is CC(C)COc1ccc(C(=O)Oc2c(C=O)ccc3ccccc23)cc1Br. The molecular weight excluding hydrogens is 408 g/mol. The van der Waals surface area contributed by atoms with E-state index < -0.39 is 5.97 Å². The molecule has 0 unspecified atom stereocenters. The second-order valence-corrected chi connectivity index (χ2v) is 7.42. The van der Waals surface area contributed by atoms with Crippen LogP contribution in [0.3, 0.4) is 0 Å². The Morgan fingerprint density at radius 1 is 1.11 bits per heavy atom. The van der Waals surface area contributed by atoms with Crippen LogP contribution in [0.5, 0.6) is 11.5 Å². The molecule has 0 atom stereocenters. The van der Waals surface area contributed by atoms with Gasteiger partial charge in [0.05, 0.1) is 22.2 Å². The molecule has 0 aliphatic rings. The number of carbonyl (C=O) groups is 2. The third-order valence-electron chi connectivity index (χ3n) is 3.97. The highest BCUT2D eigenvalue weighted by molar-refractivity contribution is 9.10. The number of hydrogen-bond acceptors (Lipinski definition) is 4. The molecule has 0 saturated heterocycles. The van der Waals surface area contributed by atoms with Crippen molar-refractivity contribution in [3.05, 3.63) is 70.2 Å². The van der Waals surface area contributed by atoms with Crippen LogP contribution in [0.25, 0.3) is 10.8 Å². The lowest BCUT2D eigenvalue weighted by Gasteiger charge is -2.13. The molecule has 27 heavy (non-hydrogen) atoms. The molecular formula is C22H19BrO4. The molecule has 0 heterocycles. The van der Waals surface area contributed by atoms with Crippen LogP contribution in [0.1, 0.15) is 34.6 Å². The van der Waals surface area contributed by atoms with E-state index in [4.69, 9.17) is 9.47 Å². The van der Waals surface area contributed by atoms with Crippen LogP contribution < -0.4 is 9.47 Å². The Bertz CT molecular complexity index is 995. The highest BCUT2D eigenvalue weighted by Gasteiger charge is 2.16. The van der Waals surface area contributed by atoms with Crippen molar-refractivity contribution in [1.29, 1.82) is 0 Å². The molecule has 0 aliphatic heterocycles. The Hall–Kier alpha value is -2.66. The fourth-order valence-electron chi connectivity index (χ4n) is 2.62. The van der Waals surface area contributed by atoms with Gasteiger partial charge in [0.15, 0.2) is 6.29 Å². The Morgan fingerprint density at radius 3 is 2.59 bits per heavy atom. The minimum absolute atomic E-state index is 0.268. The monoisotopic (exact) mass is 426 g/mol. The largest absolute Gasteiger partial charge is 0.492 e. The molecule has 0 N–H and O–H groups in total. The predicted molar refractivity (Wildman–Crippen MR) is 109 cm³/mol. The molecule has 4 nitrogen and oxygen atoms in total. The van der Waals surface area contributed by atoms with Gasteiger partial charge in [-0.05, 0) is 51.5 Å². The third kappa shape index (κ3) is 4.37. The van der Waals surface area contributed by atoms with E-state index in [2.05, 4.69) is 29.8 Å². The number of aldehydes is 1. The first kappa shape index (κ1) is 19.1. The van der Waals surface area contributed by atoms with Gasteiger partial charge in [-0.15, -0.1) is 0 Å². The fraction of sp³-hybridized carbons (Fsp3) is 0.182. The highest BCUT2D eigenvalue weighted by Crippen LogP contribution is 2.31. The van der Waals surface area contributed by atoms with Crippen LogP contribution in [0.4, 0.5) is 0 Å². The van der Waals surface area contributed by atoms with E-state index in [1.165, 1.54) is 0 Å². The molecule has 0 spiro atoms. The lowest BCUT2D eigenvalue weighted by molar-refractivity contribution is 0.0736. The van der Waals surface area contributed by atoms with Gasteiger partial charge in [-0.25, -0.2) is 4.79 Å². The quantitative estimate of drug-likeness (QED) is 0.289. The number of fused-ring (bicyclic) bond motifs is 1. The Labute approximate surface area is 166 Å². The summed E-state index contributed by atoms with van der Waals surface area (Å²) in [4.78, 5) is 24.1. The summed E-state index contributed by atoms with van der Waals surface area (Å²) in [5.41, 5.74) is 0.696. The van der Waals surface area contributed by atoms with Gasteiger partial charge >= 0.3 is 5.97 Å². The van der Waals surface area contributed by atoms with Crippen molar-refractivity contribution in [3.8, 4) is 11.5 Å². The van der Waals surface area contributed by atoms with Crippen LogP contribution in [-0.2, 0) is 0 Å². The van der Waals surface area contributed by atoms with Crippen LogP contribution >= 0.6 is 15.9 Å². The minimum Gasteiger partial charge on any atom is -0.492 e. The molecule has 0 bridgehead atoms. The van der Waals surface area contributed by atoms with Crippen molar-refractivity contribution < 1.29 is 19.1 Å². The van der Waals surface area contributed by atoms with Gasteiger partial charge in [-0.1, -0.05) is 44.2 Å². The normalized spacial score (nSPS) is 10.8. The second kappa shape index (κ2) is 8.35. The molecule has 3 rings (SSSR count). The Balaban J connectivity index is 1.89. The molecule has 0 radical (unpaired) electrons. The fourth-order valence-corrected chi connectivity index (χ4v) is 3.11. The lowest BCUT2D eigenvalue weighted by atomic mass is 10.1. The molecule has 5 heteroatoms. The van der Waals surface area contributed by atoms with Crippen molar-refractivity contribution in [2.75, 3.05) is 6.61 Å². The summed E-state index contributed by atoms with van der Waals surface area (Å²) in [6, 6.07) is 16.0. The van der Waals surface area contributed by atoms with E-state index in [0.717, 1.165) is 5.39 Å². The van der Waals surface area contributed by atoms with E-state index in [0.29, 0.717) is 45.5 Å². The van der Waals surface area contributed by atoms with Gasteiger partial charge in [-0.3, -0.25) is 4.79 Å². The first-order chi connectivity index (χ1) is 13.0. The molecule has 3 aromatic rings. The van der Waals surface area contributed by atoms with Crippen LogP contribution in [0.15, 0.2) is 59.1 Å².